The summed E-state index contributed by atoms with van der Waals surface area (Å²) in [6, 6.07) is 5.68. The van der Waals surface area contributed by atoms with Crippen LogP contribution in [0.1, 0.15) is 48.2 Å². The Morgan fingerprint density at radius 3 is 2.66 bits per heavy atom. The fourth-order valence-electron chi connectivity index (χ4n) is 4.81. The highest BCUT2D eigenvalue weighted by Crippen LogP contribution is 2.38. The molecule has 202 valence electrons. The van der Waals surface area contributed by atoms with Crippen molar-refractivity contribution in [2.24, 2.45) is 11.7 Å². The van der Waals surface area contributed by atoms with Crippen LogP contribution < -0.4 is 15.8 Å². The predicted molar refractivity (Wildman–Crippen MR) is 134 cm³/mol. The first-order valence-corrected chi connectivity index (χ1v) is 12.2. The molecule has 11 heteroatoms. The van der Waals surface area contributed by atoms with Gasteiger partial charge in [-0.05, 0) is 67.0 Å². The number of nitrogens with one attached hydrogen (secondary N) is 1. The van der Waals surface area contributed by atoms with Crippen LogP contribution in [0.25, 0.3) is 11.3 Å². The predicted octanol–water partition coefficient (Wildman–Crippen LogP) is 3.78. The minimum atomic E-state index is -1.30. The summed E-state index contributed by atoms with van der Waals surface area (Å²) in [5, 5.41) is 21.1. The maximum atomic E-state index is 15.1. The molecular formula is C27H29F3N4O4. The number of benzene rings is 1. The van der Waals surface area contributed by atoms with Gasteiger partial charge in [-0.3, -0.25) is 9.78 Å². The van der Waals surface area contributed by atoms with Crippen molar-refractivity contribution in [3.63, 3.8) is 0 Å². The topological polar surface area (TPSA) is 131 Å². The zero-order valence-electron chi connectivity index (χ0n) is 20.7. The number of anilines is 1. The number of rotatable bonds is 8. The summed E-state index contributed by atoms with van der Waals surface area (Å²) < 4.78 is 49.6. The lowest BCUT2D eigenvalue weighted by molar-refractivity contribution is 0.0523. The third kappa shape index (κ3) is 6.12. The van der Waals surface area contributed by atoms with Gasteiger partial charge in [-0.25, -0.2) is 18.2 Å². The van der Waals surface area contributed by atoms with Crippen LogP contribution >= 0.6 is 0 Å². The molecule has 2 heterocycles. The van der Waals surface area contributed by atoms with Crippen molar-refractivity contribution in [2.75, 3.05) is 18.5 Å². The summed E-state index contributed by atoms with van der Waals surface area (Å²) in [7, 11) is 0. The Morgan fingerprint density at radius 2 is 1.92 bits per heavy atom. The molecule has 0 radical (unpaired) electrons. The number of halogens is 3. The van der Waals surface area contributed by atoms with Crippen LogP contribution in [0.5, 0.6) is 5.75 Å². The first kappa shape index (κ1) is 27.5. The van der Waals surface area contributed by atoms with Gasteiger partial charge >= 0.3 is 0 Å². The lowest BCUT2D eigenvalue weighted by atomic mass is 9.76. The van der Waals surface area contributed by atoms with Gasteiger partial charge in [0.2, 0.25) is 0 Å². The highest BCUT2D eigenvalue weighted by atomic mass is 19.1. The number of aromatic nitrogens is 2. The van der Waals surface area contributed by atoms with Crippen LogP contribution in [-0.2, 0) is 0 Å². The molecule has 38 heavy (non-hydrogen) atoms. The Morgan fingerprint density at radius 1 is 1.16 bits per heavy atom. The highest BCUT2D eigenvalue weighted by Gasteiger charge is 2.28. The van der Waals surface area contributed by atoms with E-state index in [4.69, 9.17) is 15.6 Å². The van der Waals surface area contributed by atoms with Gasteiger partial charge in [0, 0.05) is 12.2 Å². The highest BCUT2D eigenvalue weighted by molar-refractivity contribution is 6.03. The number of carbonyl (C=O) groups excluding carboxylic acids is 1. The summed E-state index contributed by atoms with van der Waals surface area (Å²) in [6.07, 6.45) is 4.41. The number of amides is 1. The standard InChI is InChI=1S/C27H29F3N4O4/c1-14-8-15(10-16(31)9-14)18-6-7-32-11-22(18)34-27(37)21-4-2-20(29)26(33-21)24-19(28)3-5-23(25(24)30)38-13-17(36)12-35/h2-7,11,14-17,35-36H,8-10,12-13,31H2,1H3,(H,34,37)/t14-,15+,16+,17-/m0/s1. The zero-order valence-corrected chi connectivity index (χ0v) is 20.7. The fourth-order valence-corrected chi connectivity index (χ4v) is 4.81. The molecule has 0 unspecified atom stereocenters. The Balaban J connectivity index is 1.62. The summed E-state index contributed by atoms with van der Waals surface area (Å²) in [4.78, 5) is 21.1. The molecule has 3 aromatic rings. The quantitative estimate of drug-likeness (QED) is 0.349. The molecule has 0 aliphatic heterocycles. The molecule has 1 aliphatic rings. The van der Waals surface area contributed by atoms with Crippen LogP contribution in [0.2, 0.25) is 0 Å². The summed E-state index contributed by atoms with van der Waals surface area (Å²) in [5.41, 5.74) is 5.70. The van der Waals surface area contributed by atoms with Crippen molar-refractivity contribution >= 4 is 11.6 Å². The molecule has 1 fully saturated rings. The molecule has 0 bridgehead atoms. The first-order chi connectivity index (χ1) is 18.2. The van der Waals surface area contributed by atoms with Crippen LogP contribution in [-0.4, -0.2) is 51.4 Å². The van der Waals surface area contributed by atoms with E-state index in [-0.39, 0.29) is 17.7 Å². The van der Waals surface area contributed by atoms with E-state index in [1.165, 1.54) is 6.20 Å². The smallest absolute Gasteiger partial charge is 0.274 e. The number of hydrogen-bond acceptors (Lipinski definition) is 7. The average Bonchev–Trinajstić information content (AvgIpc) is 2.88. The molecule has 5 N–H and O–H groups in total. The van der Waals surface area contributed by atoms with Crippen LogP contribution in [0.15, 0.2) is 42.7 Å². The first-order valence-electron chi connectivity index (χ1n) is 12.2. The number of ether oxygens (including phenoxy) is 1. The number of aliphatic hydroxyl groups excluding tert-OH is 2. The molecule has 8 nitrogen and oxygen atoms in total. The van der Waals surface area contributed by atoms with E-state index in [9.17, 15) is 18.7 Å². The number of aliphatic hydroxyl groups is 2. The summed E-state index contributed by atoms with van der Waals surface area (Å²) >= 11 is 0. The van der Waals surface area contributed by atoms with Crippen LogP contribution in [0.3, 0.4) is 0 Å². The van der Waals surface area contributed by atoms with Gasteiger partial charge in [0.1, 0.15) is 35.7 Å². The van der Waals surface area contributed by atoms with Crippen LogP contribution in [0.4, 0.5) is 18.9 Å². The number of nitrogens with zero attached hydrogens (tertiary/aromatic N) is 2. The molecule has 0 spiro atoms. The van der Waals surface area contributed by atoms with Crippen molar-refractivity contribution in [3.05, 3.63) is 71.4 Å². The number of nitrogens with two attached hydrogens (primary N) is 1. The molecule has 1 saturated carbocycles. The van der Waals surface area contributed by atoms with Gasteiger partial charge < -0.3 is 26.0 Å². The molecule has 1 aromatic carbocycles. The minimum Gasteiger partial charge on any atom is -0.488 e. The largest absolute Gasteiger partial charge is 0.488 e. The van der Waals surface area contributed by atoms with E-state index >= 15 is 4.39 Å². The zero-order chi connectivity index (χ0) is 27.4. The Kier molecular flexibility index (Phi) is 8.60. The van der Waals surface area contributed by atoms with E-state index < -0.39 is 59.7 Å². The van der Waals surface area contributed by atoms with E-state index in [0.717, 1.165) is 49.1 Å². The van der Waals surface area contributed by atoms with Crippen molar-refractivity contribution in [1.29, 1.82) is 0 Å². The van der Waals surface area contributed by atoms with Crippen molar-refractivity contribution in [2.45, 2.75) is 44.2 Å². The lowest BCUT2D eigenvalue weighted by Crippen LogP contribution is -2.31. The van der Waals surface area contributed by atoms with Gasteiger partial charge in [-0.2, -0.15) is 0 Å². The van der Waals surface area contributed by atoms with Gasteiger partial charge in [-0.15, -0.1) is 0 Å². The van der Waals surface area contributed by atoms with Gasteiger partial charge in [0.25, 0.3) is 5.91 Å². The Hall–Kier alpha value is -3.54. The summed E-state index contributed by atoms with van der Waals surface area (Å²) in [6.45, 7) is 1.02. The third-order valence-corrected chi connectivity index (χ3v) is 6.54. The molecule has 4 rings (SSSR count). The second-order valence-electron chi connectivity index (χ2n) is 9.60. The molecular weight excluding hydrogens is 501 g/mol. The second kappa shape index (κ2) is 11.9. The van der Waals surface area contributed by atoms with Gasteiger partial charge in [-0.1, -0.05) is 6.92 Å². The minimum absolute atomic E-state index is 0.0400. The van der Waals surface area contributed by atoms with Crippen molar-refractivity contribution in [1.82, 2.24) is 9.97 Å². The molecule has 4 atom stereocenters. The second-order valence-corrected chi connectivity index (χ2v) is 9.60. The molecule has 2 aromatic heterocycles. The van der Waals surface area contributed by atoms with E-state index in [1.807, 2.05) is 6.07 Å². The number of carbonyl (C=O) groups is 1. The fraction of sp³-hybridized carbons (Fsp3) is 0.370. The third-order valence-electron chi connectivity index (χ3n) is 6.54. The van der Waals surface area contributed by atoms with Crippen LogP contribution in [0, 0.1) is 23.4 Å². The van der Waals surface area contributed by atoms with Crippen molar-refractivity contribution < 1.29 is 32.9 Å². The van der Waals surface area contributed by atoms with E-state index in [1.54, 1.807) is 6.20 Å². The maximum Gasteiger partial charge on any atom is 0.274 e. The number of pyridine rings is 2. The lowest BCUT2D eigenvalue weighted by Gasteiger charge is -2.32. The average molecular weight is 531 g/mol. The Bertz CT molecular complexity index is 1300. The van der Waals surface area contributed by atoms with Gasteiger partial charge in [0.15, 0.2) is 11.6 Å². The van der Waals surface area contributed by atoms with E-state index in [0.29, 0.717) is 11.6 Å². The van der Waals surface area contributed by atoms with Gasteiger partial charge in [0.05, 0.1) is 24.1 Å². The normalized spacial score (nSPS) is 20.1. The van der Waals surface area contributed by atoms with Crippen molar-refractivity contribution in [3.8, 4) is 17.0 Å². The molecule has 1 amide bonds. The maximum absolute atomic E-state index is 15.1. The summed E-state index contributed by atoms with van der Waals surface area (Å²) in [5.74, 6) is -4.12. The SMILES string of the molecule is C[C@@H]1C[C@@H](N)C[C@H](c2ccncc2NC(=O)c2ccc(F)c(-c3c(F)ccc(OC[C@@H](O)CO)c3F)n2)C1. The number of hydrogen-bond donors (Lipinski definition) is 4. The van der Waals surface area contributed by atoms with E-state index in [2.05, 4.69) is 22.2 Å². The monoisotopic (exact) mass is 530 g/mol. The molecule has 1 aliphatic carbocycles. The molecule has 0 saturated heterocycles. The Labute approximate surface area is 217 Å².